The highest BCUT2D eigenvalue weighted by atomic mass is 79.9. The summed E-state index contributed by atoms with van der Waals surface area (Å²) in [4.78, 5) is 12.8. The topological polar surface area (TPSA) is 29.1 Å². The zero-order valence-corrected chi connectivity index (χ0v) is 13.3. The van der Waals surface area contributed by atoms with Crippen LogP contribution in [0, 0.1) is 5.92 Å². The van der Waals surface area contributed by atoms with Gasteiger partial charge in [0, 0.05) is 15.8 Å². The lowest BCUT2D eigenvalue weighted by Crippen LogP contribution is -2.29. The molecule has 0 spiro atoms. The smallest absolute Gasteiger partial charge is 0.262 e. The maximum atomic E-state index is 11.8. The van der Waals surface area contributed by atoms with E-state index in [4.69, 9.17) is 0 Å². The molecule has 1 atom stereocenters. The number of hydrogen-bond acceptors (Lipinski definition) is 2. The van der Waals surface area contributed by atoms with Crippen LogP contribution in [0.25, 0.3) is 0 Å². The molecular weight excluding hydrogens is 354 g/mol. The Balaban J connectivity index is 2.39. The Morgan fingerprint density at radius 3 is 2.75 bits per heavy atom. The molecule has 1 heterocycles. The second-order valence-electron chi connectivity index (χ2n) is 4.03. The van der Waals surface area contributed by atoms with Crippen LogP contribution >= 0.6 is 43.2 Å². The van der Waals surface area contributed by atoms with Crippen molar-refractivity contribution in [3.63, 3.8) is 0 Å². The molecule has 1 rings (SSSR count). The summed E-state index contributed by atoms with van der Waals surface area (Å²) in [6.07, 6.45) is 1.06. The highest BCUT2D eigenvalue weighted by Crippen LogP contribution is 2.22. The second kappa shape index (κ2) is 6.77. The quantitative estimate of drug-likeness (QED) is 0.780. The van der Waals surface area contributed by atoms with E-state index in [1.54, 1.807) is 0 Å². The van der Waals surface area contributed by atoms with Gasteiger partial charge in [-0.05, 0) is 39.7 Å². The molecule has 1 unspecified atom stereocenters. The predicted octanol–water partition coefficient (Wildman–Crippen LogP) is 4.05. The summed E-state index contributed by atoms with van der Waals surface area (Å²) >= 11 is 8.37. The number of alkyl halides is 1. The number of rotatable bonds is 5. The zero-order valence-electron chi connectivity index (χ0n) is 9.30. The fourth-order valence-electron chi connectivity index (χ4n) is 1.33. The van der Waals surface area contributed by atoms with Gasteiger partial charge in [0.2, 0.25) is 0 Å². The summed E-state index contributed by atoms with van der Waals surface area (Å²) in [5.74, 6) is 0.629. The van der Waals surface area contributed by atoms with Crippen molar-refractivity contribution in [1.82, 2.24) is 5.32 Å². The largest absolute Gasteiger partial charge is 0.350 e. The van der Waals surface area contributed by atoms with Crippen molar-refractivity contribution in [2.75, 3.05) is 6.54 Å². The first-order valence-corrected chi connectivity index (χ1v) is 7.74. The lowest BCUT2D eigenvalue weighted by molar-refractivity contribution is 0.0956. The van der Waals surface area contributed by atoms with E-state index in [2.05, 4.69) is 51.0 Å². The number of nitrogens with one attached hydrogen (secondary N) is 1. The van der Waals surface area contributed by atoms with Gasteiger partial charge in [-0.3, -0.25) is 4.79 Å². The number of halogens is 2. The third-order valence-corrected chi connectivity index (χ3v) is 4.57. The van der Waals surface area contributed by atoms with Gasteiger partial charge in [0.15, 0.2) is 0 Å². The third kappa shape index (κ3) is 4.55. The molecule has 16 heavy (non-hydrogen) atoms. The predicted molar refractivity (Wildman–Crippen MR) is 76.5 cm³/mol. The number of carbonyl (C=O) groups is 1. The Labute approximate surface area is 117 Å². The van der Waals surface area contributed by atoms with E-state index < -0.39 is 0 Å². The van der Waals surface area contributed by atoms with Crippen molar-refractivity contribution < 1.29 is 4.79 Å². The van der Waals surface area contributed by atoms with Gasteiger partial charge in [0.1, 0.15) is 4.88 Å². The molecule has 0 radical (unpaired) electrons. The number of hydrogen-bond donors (Lipinski definition) is 1. The van der Waals surface area contributed by atoms with Gasteiger partial charge in [0.25, 0.3) is 5.91 Å². The first-order valence-electron chi connectivity index (χ1n) is 5.16. The van der Waals surface area contributed by atoms with Gasteiger partial charge < -0.3 is 5.32 Å². The van der Waals surface area contributed by atoms with Crippen molar-refractivity contribution in [3.8, 4) is 0 Å². The molecule has 1 aromatic heterocycles. The number of carbonyl (C=O) groups excluding carboxylic acids is 1. The Bertz CT molecular complexity index is 352. The van der Waals surface area contributed by atoms with Gasteiger partial charge in [0.05, 0.1) is 0 Å². The maximum Gasteiger partial charge on any atom is 0.262 e. The van der Waals surface area contributed by atoms with E-state index >= 15 is 0 Å². The van der Waals surface area contributed by atoms with Gasteiger partial charge in [-0.25, -0.2) is 0 Å². The van der Waals surface area contributed by atoms with Crippen molar-refractivity contribution in [3.05, 3.63) is 20.8 Å². The second-order valence-corrected chi connectivity index (χ2v) is 7.10. The van der Waals surface area contributed by atoms with Gasteiger partial charge in [-0.15, -0.1) is 11.3 Å². The van der Waals surface area contributed by atoms with Crippen LogP contribution in [0.2, 0.25) is 0 Å². The van der Waals surface area contributed by atoms with Crippen LogP contribution in [0.1, 0.15) is 29.9 Å². The molecular formula is C11H15Br2NOS. The highest BCUT2D eigenvalue weighted by Gasteiger charge is 2.13. The fourth-order valence-corrected chi connectivity index (χ4v) is 3.71. The molecule has 1 N–H and O–H groups in total. The van der Waals surface area contributed by atoms with Gasteiger partial charge in [-0.1, -0.05) is 29.8 Å². The van der Waals surface area contributed by atoms with E-state index in [0.717, 1.165) is 15.8 Å². The number of amides is 1. The van der Waals surface area contributed by atoms with Crippen molar-refractivity contribution in [2.24, 2.45) is 5.92 Å². The molecule has 1 amide bonds. The first-order chi connectivity index (χ1) is 7.50. The maximum absolute atomic E-state index is 11.8. The minimum absolute atomic E-state index is 0.00455. The van der Waals surface area contributed by atoms with E-state index in [9.17, 15) is 4.79 Å². The SMILES string of the molecule is CC(C)CC(Br)CNC(=O)c1sccc1Br. The summed E-state index contributed by atoms with van der Waals surface area (Å²) < 4.78 is 0.866. The van der Waals surface area contributed by atoms with E-state index in [1.807, 2.05) is 11.4 Å². The van der Waals surface area contributed by atoms with Crippen molar-refractivity contribution in [1.29, 1.82) is 0 Å². The van der Waals surface area contributed by atoms with Crippen LogP contribution in [-0.4, -0.2) is 17.3 Å². The molecule has 0 bridgehead atoms. The minimum atomic E-state index is -0.00455. The summed E-state index contributed by atoms with van der Waals surface area (Å²) in [5, 5.41) is 4.83. The van der Waals surface area contributed by atoms with E-state index in [0.29, 0.717) is 17.3 Å². The Hall–Kier alpha value is 0.130. The van der Waals surface area contributed by atoms with Gasteiger partial charge in [-0.2, -0.15) is 0 Å². The lowest BCUT2D eigenvalue weighted by Gasteiger charge is -2.12. The molecule has 0 saturated heterocycles. The molecule has 2 nitrogen and oxygen atoms in total. The molecule has 0 aromatic carbocycles. The van der Waals surface area contributed by atoms with Crippen LogP contribution in [0.15, 0.2) is 15.9 Å². The lowest BCUT2D eigenvalue weighted by atomic mass is 10.1. The summed E-state index contributed by atoms with van der Waals surface area (Å²) in [7, 11) is 0. The van der Waals surface area contributed by atoms with Crippen LogP contribution in [0.4, 0.5) is 0 Å². The Morgan fingerprint density at radius 1 is 1.56 bits per heavy atom. The third-order valence-electron chi connectivity index (χ3n) is 2.03. The average molecular weight is 369 g/mol. The molecule has 0 saturated carbocycles. The zero-order chi connectivity index (χ0) is 12.1. The molecule has 90 valence electrons. The van der Waals surface area contributed by atoms with Gasteiger partial charge >= 0.3 is 0 Å². The summed E-state index contributed by atoms with van der Waals surface area (Å²) in [5.41, 5.74) is 0. The van der Waals surface area contributed by atoms with E-state index in [1.165, 1.54) is 11.3 Å². The monoisotopic (exact) mass is 367 g/mol. The number of thiophene rings is 1. The molecule has 0 aliphatic carbocycles. The van der Waals surface area contributed by atoms with E-state index in [-0.39, 0.29) is 5.91 Å². The molecule has 0 aliphatic heterocycles. The summed E-state index contributed by atoms with van der Waals surface area (Å²) in [6.45, 7) is 5.01. The standard InChI is InChI=1S/C11H15Br2NOS/c1-7(2)5-8(12)6-14-11(15)10-9(13)3-4-16-10/h3-4,7-8H,5-6H2,1-2H3,(H,14,15). The summed E-state index contributed by atoms with van der Waals surface area (Å²) in [6, 6.07) is 1.89. The first kappa shape index (κ1) is 14.2. The normalized spacial score (nSPS) is 12.8. The Morgan fingerprint density at radius 2 is 2.25 bits per heavy atom. The van der Waals surface area contributed by atoms with Crippen LogP contribution in [0.3, 0.4) is 0 Å². The molecule has 0 aliphatic rings. The van der Waals surface area contributed by atoms with Crippen LogP contribution in [0.5, 0.6) is 0 Å². The molecule has 1 aromatic rings. The molecule has 5 heteroatoms. The fraction of sp³-hybridized carbons (Fsp3) is 0.545. The van der Waals surface area contributed by atoms with Crippen molar-refractivity contribution in [2.45, 2.75) is 25.1 Å². The highest BCUT2D eigenvalue weighted by molar-refractivity contribution is 9.10. The Kier molecular flexibility index (Phi) is 6.00. The van der Waals surface area contributed by atoms with Crippen LogP contribution in [-0.2, 0) is 0 Å². The van der Waals surface area contributed by atoms with Crippen LogP contribution < -0.4 is 5.32 Å². The minimum Gasteiger partial charge on any atom is -0.350 e. The molecule has 0 fully saturated rings. The average Bonchev–Trinajstić information content (AvgIpc) is 2.60. The van der Waals surface area contributed by atoms with Crippen molar-refractivity contribution >= 4 is 49.1 Å².